The lowest BCUT2D eigenvalue weighted by Gasteiger charge is -2.44. The number of carbonyl (C=O) groups excluding carboxylic acids is 4. The van der Waals surface area contributed by atoms with Crippen LogP contribution in [0.3, 0.4) is 0 Å². The predicted molar refractivity (Wildman–Crippen MR) is 139 cm³/mol. The quantitative estimate of drug-likeness (QED) is 0.0844. The molecule has 0 aromatic carbocycles. The van der Waals surface area contributed by atoms with Crippen LogP contribution in [0.1, 0.15) is 66.2 Å². The van der Waals surface area contributed by atoms with Gasteiger partial charge in [-0.05, 0) is 26.7 Å². The maximum absolute atomic E-state index is 12.9. The van der Waals surface area contributed by atoms with Gasteiger partial charge in [0.1, 0.15) is 37.0 Å². The third-order valence-electron chi connectivity index (χ3n) is 6.31. The van der Waals surface area contributed by atoms with Gasteiger partial charge in [-0.1, -0.05) is 19.8 Å². The number of hydrogen-bond donors (Lipinski definition) is 6. The molecule has 1 rings (SSSR count). The van der Waals surface area contributed by atoms with E-state index in [0.29, 0.717) is 6.42 Å². The number of nitrogens with zero attached hydrogens (tertiary/aromatic N) is 1. The topological polar surface area (TPSA) is 241 Å². The number of amides is 3. The molecule has 0 saturated carbocycles. The Balaban J connectivity index is 3.12. The standard InChI is InChI=1S/C25H44N4O11/c1-5-6-7-8-19(33)38-12-17-21(34)22(20(25(37)40-17)28-15(4)30)39-13(2)11-29(24(36)14(3)26)16(23(27)35)9-10-18(31)32/h13-14,16-17,20-22,25,34,37H,5-12,26H2,1-4H3,(H2,27,35)(H,28,30)(H,31,32)/t13?,14-,16+,17+,20+,21+,22+,25-/m0/s1. The fourth-order valence-corrected chi connectivity index (χ4v) is 4.32. The van der Waals surface area contributed by atoms with E-state index in [1.54, 1.807) is 0 Å². The molecule has 40 heavy (non-hydrogen) atoms. The molecule has 0 bridgehead atoms. The van der Waals surface area contributed by atoms with Crippen LogP contribution in [-0.2, 0) is 38.2 Å². The van der Waals surface area contributed by atoms with Gasteiger partial charge in [-0.2, -0.15) is 0 Å². The number of carboxylic acids is 1. The SMILES string of the molecule is CCCCCC(=O)OC[C@H]1O[C@H](O)[C@H](NC(C)=O)[C@@H](OC(C)CN(C(=O)[C@H](C)N)[C@H](CCC(=O)O)C(N)=O)[C@@H]1O. The van der Waals surface area contributed by atoms with Gasteiger partial charge < -0.3 is 51.2 Å². The van der Waals surface area contributed by atoms with Crippen LogP contribution in [0.15, 0.2) is 0 Å². The number of primary amides is 1. The molecular weight excluding hydrogens is 532 g/mol. The summed E-state index contributed by atoms with van der Waals surface area (Å²) in [4.78, 5) is 61.0. The molecule has 230 valence electrons. The summed E-state index contributed by atoms with van der Waals surface area (Å²) in [6.45, 7) is 5.37. The Morgan fingerprint density at radius 2 is 1.75 bits per heavy atom. The predicted octanol–water partition coefficient (Wildman–Crippen LogP) is -1.64. The molecule has 1 saturated heterocycles. The van der Waals surface area contributed by atoms with Crippen LogP contribution in [0.5, 0.6) is 0 Å². The van der Waals surface area contributed by atoms with E-state index in [0.717, 1.165) is 17.7 Å². The lowest BCUT2D eigenvalue weighted by molar-refractivity contribution is -0.269. The van der Waals surface area contributed by atoms with Gasteiger partial charge >= 0.3 is 11.9 Å². The van der Waals surface area contributed by atoms with Crippen molar-refractivity contribution in [3.05, 3.63) is 0 Å². The van der Waals surface area contributed by atoms with Crippen molar-refractivity contribution in [1.29, 1.82) is 0 Å². The molecular formula is C25H44N4O11. The van der Waals surface area contributed by atoms with Crippen molar-refractivity contribution in [3.8, 4) is 0 Å². The number of nitrogens with one attached hydrogen (secondary N) is 1. The Morgan fingerprint density at radius 3 is 2.27 bits per heavy atom. The minimum Gasteiger partial charge on any atom is -0.481 e. The van der Waals surface area contributed by atoms with E-state index in [9.17, 15) is 34.2 Å². The minimum atomic E-state index is -1.65. The lowest BCUT2D eigenvalue weighted by atomic mass is 9.96. The van der Waals surface area contributed by atoms with Gasteiger partial charge in [0.05, 0.1) is 12.1 Å². The summed E-state index contributed by atoms with van der Waals surface area (Å²) in [5.41, 5.74) is 11.2. The molecule has 8 N–H and O–H groups in total. The second-order valence-corrected chi connectivity index (χ2v) is 9.96. The first-order chi connectivity index (χ1) is 18.7. The highest BCUT2D eigenvalue weighted by Crippen LogP contribution is 2.25. The zero-order valence-electron chi connectivity index (χ0n) is 23.5. The number of aliphatic hydroxyl groups excluding tert-OH is 2. The van der Waals surface area contributed by atoms with Crippen molar-refractivity contribution in [1.82, 2.24) is 10.2 Å². The number of carbonyl (C=O) groups is 5. The largest absolute Gasteiger partial charge is 0.481 e. The van der Waals surface area contributed by atoms with Crippen molar-refractivity contribution in [2.24, 2.45) is 11.5 Å². The molecule has 1 heterocycles. The number of aliphatic carboxylic acids is 1. The van der Waals surface area contributed by atoms with E-state index in [1.807, 2.05) is 6.92 Å². The zero-order valence-corrected chi connectivity index (χ0v) is 23.5. The number of unbranched alkanes of at least 4 members (excludes halogenated alkanes) is 2. The molecule has 15 nitrogen and oxygen atoms in total. The molecule has 0 aromatic heterocycles. The molecule has 0 aromatic rings. The van der Waals surface area contributed by atoms with Crippen molar-refractivity contribution in [2.45, 2.75) is 115 Å². The van der Waals surface area contributed by atoms with Gasteiger partial charge in [0.15, 0.2) is 6.29 Å². The maximum atomic E-state index is 12.9. The first kappa shape index (κ1) is 35.2. The first-order valence-electron chi connectivity index (χ1n) is 13.4. The molecule has 0 spiro atoms. The molecule has 15 heteroatoms. The zero-order chi connectivity index (χ0) is 30.6. The second kappa shape index (κ2) is 17.1. The highest BCUT2D eigenvalue weighted by molar-refractivity contribution is 5.89. The Hall–Kier alpha value is -2.85. The van der Waals surface area contributed by atoms with E-state index < -0.39 is 91.5 Å². The molecule has 0 radical (unpaired) electrons. The number of nitrogens with two attached hydrogens (primary N) is 2. The molecule has 1 unspecified atom stereocenters. The van der Waals surface area contributed by atoms with E-state index in [4.69, 9.17) is 30.8 Å². The highest BCUT2D eigenvalue weighted by Gasteiger charge is 2.47. The Bertz CT molecular complexity index is 872. The van der Waals surface area contributed by atoms with Gasteiger partial charge in [-0.25, -0.2) is 0 Å². The van der Waals surface area contributed by atoms with Gasteiger partial charge in [-0.3, -0.25) is 24.0 Å². The number of carboxylic acid groups (broad SMARTS) is 1. The molecule has 1 fully saturated rings. The van der Waals surface area contributed by atoms with Crippen LogP contribution in [0, 0.1) is 0 Å². The van der Waals surface area contributed by atoms with Crippen LogP contribution >= 0.6 is 0 Å². The number of aliphatic hydroxyl groups is 2. The van der Waals surface area contributed by atoms with Gasteiger partial charge in [-0.15, -0.1) is 0 Å². The van der Waals surface area contributed by atoms with Crippen LogP contribution in [0.4, 0.5) is 0 Å². The van der Waals surface area contributed by atoms with Crippen LogP contribution < -0.4 is 16.8 Å². The smallest absolute Gasteiger partial charge is 0.305 e. The van der Waals surface area contributed by atoms with Crippen LogP contribution in [0.2, 0.25) is 0 Å². The van der Waals surface area contributed by atoms with Gasteiger partial charge in [0.25, 0.3) is 0 Å². The number of rotatable bonds is 17. The van der Waals surface area contributed by atoms with Crippen molar-refractivity contribution in [3.63, 3.8) is 0 Å². The first-order valence-corrected chi connectivity index (χ1v) is 13.4. The Morgan fingerprint density at radius 1 is 1.10 bits per heavy atom. The lowest BCUT2D eigenvalue weighted by Crippen LogP contribution is -2.65. The van der Waals surface area contributed by atoms with Gasteiger partial charge in [0, 0.05) is 26.3 Å². The Kier molecular flexibility index (Phi) is 15.0. The average molecular weight is 577 g/mol. The summed E-state index contributed by atoms with van der Waals surface area (Å²) in [6, 6.07) is -3.61. The normalized spacial score (nSPS) is 24.8. The molecule has 1 aliphatic rings. The third-order valence-corrected chi connectivity index (χ3v) is 6.31. The monoisotopic (exact) mass is 576 g/mol. The Labute approximate surface area is 233 Å². The summed E-state index contributed by atoms with van der Waals surface area (Å²) in [7, 11) is 0. The van der Waals surface area contributed by atoms with Crippen LogP contribution in [-0.4, -0.2) is 112 Å². The second-order valence-electron chi connectivity index (χ2n) is 9.96. The third kappa shape index (κ3) is 11.3. The summed E-state index contributed by atoms with van der Waals surface area (Å²) in [6.07, 6.45) is -4.75. The van der Waals surface area contributed by atoms with E-state index in [1.165, 1.54) is 20.8 Å². The number of esters is 1. The summed E-state index contributed by atoms with van der Waals surface area (Å²) in [5, 5.41) is 33.1. The molecule has 3 amide bonds. The number of ether oxygens (including phenoxy) is 3. The van der Waals surface area contributed by atoms with E-state index >= 15 is 0 Å². The van der Waals surface area contributed by atoms with E-state index in [-0.39, 0.29) is 19.4 Å². The molecule has 8 atom stereocenters. The van der Waals surface area contributed by atoms with E-state index in [2.05, 4.69) is 5.32 Å². The fourth-order valence-electron chi connectivity index (χ4n) is 4.32. The van der Waals surface area contributed by atoms with Crippen molar-refractivity contribution in [2.75, 3.05) is 13.2 Å². The van der Waals surface area contributed by atoms with Crippen LogP contribution in [0.25, 0.3) is 0 Å². The average Bonchev–Trinajstić information content (AvgIpc) is 2.85. The fraction of sp³-hybridized carbons (Fsp3) is 0.800. The minimum absolute atomic E-state index is 0.178. The van der Waals surface area contributed by atoms with Crippen molar-refractivity contribution >= 4 is 29.7 Å². The number of hydrogen-bond acceptors (Lipinski definition) is 11. The summed E-state index contributed by atoms with van der Waals surface area (Å²) in [5.74, 6) is -3.89. The molecule has 0 aliphatic carbocycles. The summed E-state index contributed by atoms with van der Waals surface area (Å²) < 4.78 is 16.6. The molecule has 1 aliphatic heterocycles. The summed E-state index contributed by atoms with van der Waals surface area (Å²) >= 11 is 0. The van der Waals surface area contributed by atoms with Gasteiger partial charge in [0.2, 0.25) is 17.7 Å². The maximum Gasteiger partial charge on any atom is 0.305 e. The van der Waals surface area contributed by atoms with Crippen molar-refractivity contribution < 1.29 is 53.5 Å². The highest BCUT2D eigenvalue weighted by atomic mass is 16.6.